The number of nitrogens with zero attached hydrogens (tertiary/aromatic N) is 3. The topological polar surface area (TPSA) is 118 Å². The molecule has 1 aromatic carbocycles. The third-order valence-corrected chi connectivity index (χ3v) is 4.28. The first-order valence-corrected chi connectivity index (χ1v) is 8.73. The molecule has 0 aliphatic heterocycles. The number of benzene rings is 1. The van der Waals surface area contributed by atoms with Crippen LogP contribution in [0.2, 0.25) is 10.2 Å². The van der Waals surface area contributed by atoms with Gasteiger partial charge in [-0.3, -0.25) is 0 Å². The lowest BCUT2D eigenvalue weighted by atomic mass is 10.2. The minimum absolute atomic E-state index is 0.0502. The summed E-state index contributed by atoms with van der Waals surface area (Å²) in [4.78, 5) is 27.8. The summed E-state index contributed by atoms with van der Waals surface area (Å²) in [5.74, 6) is -1.16. The lowest BCUT2D eigenvalue weighted by molar-refractivity contribution is 0.0697. The van der Waals surface area contributed by atoms with Crippen LogP contribution in [0.5, 0.6) is 0 Å². The molecule has 3 N–H and O–H groups in total. The van der Waals surface area contributed by atoms with Gasteiger partial charge in [-0.2, -0.15) is 5.10 Å². The van der Waals surface area contributed by atoms with Gasteiger partial charge in [0.25, 0.3) is 0 Å². The Hall–Kier alpha value is -2.88. The number of aromatic nitrogens is 3. The summed E-state index contributed by atoms with van der Waals surface area (Å²) < 4.78 is 6.85. The molecule has 3 rings (SSSR count). The molecule has 0 spiro atoms. The summed E-state index contributed by atoms with van der Waals surface area (Å²) in [6, 6.07) is 4.96. The van der Waals surface area contributed by atoms with Gasteiger partial charge in [0, 0.05) is 23.9 Å². The molecular formula is C17H15Cl2N5O4. The van der Waals surface area contributed by atoms with E-state index in [4.69, 9.17) is 33.0 Å². The predicted octanol–water partition coefficient (Wildman–Crippen LogP) is 4.09. The highest BCUT2D eigenvalue weighted by molar-refractivity contribution is 6.31. The van der Waals surface area contributed by atoms with Crippen LogP contribution in [0.25, 0.3) is 5.65 Å². The zero-order valence-corrected chi connectivity index (χ0v) is 16.2. The van der Waals surface area contributed by atoms with Gasteiger partial charge in [0.2, 0.25) is 0 Å². The molecule has 0 saturated heterocycles. The van der Waals surface area contributed by atoms with E-state index in [-0.39, 0.29) is 21.4 Å². The molecule has 0 bridgehead atoms. The van der Waals surface area contributed by atoms with Crippen molar-refractivity contribution in [2.24, 2.45) is 0 Å². The summed E-state index contributed by atoms with van der Waals surface area (Å²) in [6.07, 6.45) is 1.03. The fourth-order valence-electron chi connectivity index (χ4n) is 2.59. The van der Waals surface area contributed by atoms with E-state index in [1.54, 1.807) is 13.0 Å². The summed E-state index contributed by atoms with van der Waals surface area (Å²) in [6.45, 7) is 1.78. The number of anilines is 2. The Morgan fingerprint density at radius 3 is 2.64 bits per heavy atom. The molecule has 0 fully saturated rings. The van der Waals surface area contributed by atoms with Gasteiger partial charge < -0.3 is 20.5 Å². The second-order valence-electron chi connectivity index (χ2n) is 5.78. The van der Waals surface area contributed by atoms with E-state index in [0.29, 0.717) is 17.0 Å². The first-order chi connectivity index (χ1) is 13.3. The number of ether oxygens (including phenoxy) is 1. The molecule has 11 heteroatoms. The van der Waals surface area contributed by atoms with Gasteiger partial charge in [-0.05, 0) is 25.1 Å². The number of methoxy groups -OCH3 is 1. The number of aromatic carboxylic acids is 1. The lowest BCUT2D eigenvalue weighted by Gasteiger charge is -2.17. The van der Waals surface area contributed by atoms with E-state index < -0.39 is 18.1 Å². The molecule has 2 aromatic heterocycles. The molecule has 146 valence electrons. The molecular weight excluding hydrogens is 409 g/mol. The molecule has 2 amide bonds. The van der Waals surface area contributed by atoms with Crippen LogP contribution in [0.1, 0.15) is 29.1 Å². The zero-order valence-electron chi connectivity index (χ0n) is 14.7. The molecule has 0 saturated carbocycles. The van der Waals surface area contributed by atoms with Gasteiger partial charge in [0.15, 0.2) is 10.8 Å². The predicted molar refractivity (Wildman–Crippen MR) is 104 cm³/mol. The largest absolute Gasteiger partial charge is 0.478 e. The Morgan fingerprint density at radius 2 is 1.96 bits per heavy atom. The van der Waals surface area contributed by atoms with Crippen molar-refractivity contribution in [2.75, 3.05) is 17.7 Å². The standard InChI is InChI=1S/C17H15Cl2N5O4/c1-8(28-2)15-12(7-20-14-6-13(19)23-24(14)15)22-17(27)21-11-4-9(16(25)26)3-10(18)5-11/h3-8H,1-2H3,(H,25,26)(H2,21,22,27)/t8-/m0/s1. The number of rotatable bonds is 5. The number of amides is 2. The van der Waals surface area contributed by atoms with E-state index in [0.717, 1.165) is 0 Å². The minimum Gasteiger partial charge on any atom is -0.478 e. The number of carboxylic acids is 1. The smallest absolute Gasteiger partial charge is 0.335 e. The van der Waals surface area contributed by atoms with Crippen LogP contribution in [0, 0.1) is 0 Å². The highest BCUT2D eigenvalue weighted by atomic mass is 35.5. The number of carbonyl (C=O) groups is 2. The van der Waals surface area contributed by atoms with Gasteiger partial charge in [0.05, 0.1) is 29.2 Å². The molecule has 0 aliphatic carbocycles. The van der Waals surface area contributed by atoms with Crippen LogP contribution in [0.4, 0.5) is 16.2 Å². The number of halogens is 2. The Labute approximate surface area is 169 Å². The first-order valence-electron chi connectivity index (χ1n) is 7.97. The Kier molecular flexibility index (Phi) is 5.68. The summed E-state index contributed by atoms with van der Waals surface area (Å²) in [7, 11) is 1.52. The van der Waals surface area contributed by atoms with Crippen molar-refractivity contribution in [3.8, 4) is 0 Å². The van der Waals surface area contributed by atoms with E-state index >= 15 is 0 Å². The summed E-state index contributed by atoms with van der Waals surface area (Å²) in [5, 5.41) is 18.9. The van der Waals surface area contributed by atoms with E-state index in [1.165, 1.54) is 36.0 Å². The quantitative estimate of drug-likeness (QED) is 0.568. The van der Waals surface area contributed by atoms with Crippen LogP contribution in [-0.2, 0) is 4.74 Å². The number of fused-ring (bicyclic) bond motifs is 1. The van der Waals surface area contributed by atoms with Crippen molar-refractivity contribution < 1.29 is 19.4 Å². The van der Waals surface area contributed by atoms with Crippen molar-refractivity contribution in [3.05, 3.63) is 51.9 Å². The monoisotopic (exact) mass is 423 g/mol. The van der Waals surface area contributed by atoms with Crippen LogP contribution in [0.15, 0.2) is 30.5 Å². The van der Waals surface area contributed by atoms with E-state index in [9.17, 15) is 9.59 Å². The Bertz CT molecular complexity index is 1070. The molecule has 9 nitrogen and oxygen atoms in total. The van der Waals surface area contributed by atoms with Crippen molar-refractivity contribution in [2.45, 2.75) is 13.0 Å². The van der Waals surface area contributed by atoms with Gasteiger partial charge in [0.1, 0.15) is 0 Å². The maximum Gasteiger partial charge on any atom is 0.335 e. The Balaban J connectivity index is 1.90. The molecule has 0 aliphatic rings. The SMILES string of the molecule is CO[C@@H](C)c1c(NC(=O)Nc2cc(Cl)cc(C(=O)O)c2)cnc2cc(Cl)nn12. The summed E-state index contributed by atoms with van der Waals surface area (Å²) >= 11 is 11.9. The Morgan fingerprint density at radius 1 is 1.21 bits per heavy atom. The van der Waals surface area contributed by atoms with E-state index in [2.05, 4.69) is 20.7 Å². The van der Waals surface area contributed by atoms with Crippen molar-refractivity contribution >= 4 is 52.2 Å². The normalized spacial score (nSPS) is 12.0. The van der Waals surface area contributed by atoms with Crippen LogP contribution >= 0.6 is 23.2 Å². The number of hydrogen-bond donors (Lipinski definition) is 3. The van der Waals surface area contributed by atoms with Crippen molar-refractivity contribution in [1.82, 2.24) is 14.6 Å². The number of urea groups is 1. The van der Waals surface area contributed by atoms with Crippen LogP contribution < -0.4 is 10.6 Å². The third kappa shape index (κ3) is 4.16. The fraction of sp³-hybridized carbons (Fsp3) is 0.176. The highest BCUT2D eigenvalue weighted by Crippen LogP contribution is 2.27. The fourth-order valence-corrected chi connectivity index (χ4v) is 3.00. The van der Waals surface area contributed by atoms with Gasteiger partial charge >= 0.3 is 12.0 Å². The maximum atomic E-state index is 12.4. The molecule has 1 atom stereocenters. The van der Waals surface area contributed by atoms with Crippen molar-refractivity contribution in [3.63, 3.8) is 0 Å². The van der Waals surface area contributed by atoms with Gasteiger partial charge in [-0.1, -0.05) is 23.2 Å². The lowest BCUT2D eigenvalue weighted by Crippen LogP contribution is -2.22. The molecule has 0 radical (unpaired) electrons. The molecule has 3 aromatic rings. The number of nitrogens with one attached hydrogen (secondary N) is 2. The number of hydrogen-bond acceptors (Lipinski definition) is 5. The second kappa shape index (κ2) is 8.01. The third-order valence-electron chi connectivity index (χ3n) is 3.88. The van der Waals surface area contributed by atoms with Gasteiger partial charge in [-0.15, -0.1) is 0 Å². The molecule has 28 heavy (non-hydrogen) atoms. The average molecular weight is 424 g/mol. The first kappa shape index (κ1) is 19.9. The molecule has 0 unspecified atom stereocenters. The maximum absolute atomic E-state index is 12.4. The van der Waals surface area contributed by atoms with Crippen LogP contribution in [0.3, 0.4) is 0 Å². The second-order valence-corrected chi connectivity index (χ2v) is 6.61. The van der Waals surface area contributed by atoms with Gasteiger partial charge in [-0.25, -0.2) is 19.1 Å². The minimum atomic E-state index is -1.16. The van der Waals surface area contributed by atoms with Crippen LogP contribution in [-0.4, -0.2) is 38.8 Å². The summed E-state index contributed by atoms with van der Waals surface area (Å²) in [5.41, 5.74) is 1.55. The molecule has 2 heterocycles. The number of carbonyl (C=O) groups excluding carboxylic acids is 1. The van der Waals surface area contributed by atoms with Crippen molar-refractivity contribution in [1.29, 1.82) is 0 Å². The van der Waals surface area contributed by atoms with E-state index in [1.807, 2.05) is 0 Å². The highest BCUT2D eigenvalue weighted by Gasteiger charge is 2.19. The zero-order chi connectivity index (χ0) is 20.4. The average Bonchev–Trinajstić information content (AvgIpc) is 3.00. The number of carboxylic acid groups (broad SMARTS) is 1.